The van der Waals surface area contributed by atoms with Crippen LogP contribution in [0.25, 0.3) is 0 Å². The van der Waals surface area contributed by atoms with Crippen molar-refractivity contribution in [3.05, 3.63) is 58.7 Å². The van der Waals surface area contributed by atoms with Crippen molar-refractivity contribution in [1.82, 2.24) is 10.6 Å². The lowest BCUT2D eigenvalue weighted by atomic mass is 9.86. The maximum absolute atomic E-state index is 12.4. The van der Waals surface area contributed by atoms with Crippen molar-refractivity contribution < 1.29 is 19.2 Å². The molecule has 1 aliphatic rings. The summed E-state index contributed by atoms with van der Waals surface area (Å²) in [5.74, 6) is 1.49. The van der Waals surface area contributed by atoms with Crippen LogP contribution in [0, 0.1) is 6.92 Å². The molecular weight excluding hydrogens is 390 g/mol. The molecule has 2 amide bonds. The number of carbonyl (C=O) groups is 1. The summed E-state index contributed by atoms with van der Waals surface area (Å²) in [6, 6.07) is 13.0. The van der Waals surface area contributed by atoms with E-state index in [1.54, 1.807) is 14.2 Å². The second-order valence-corrected chi connectivity index (χ2v) is 8.22. The van der Waals surface area contributed by atoms with E-state index in [9.17, 15) is 4.79 Å². The van der Waals surface area contributed by atoms with Gasteiger partial charge in [-0.15, -0.1) is 0 Å². The molecule has 0 fully saturated rings. The first-order chi connectivity index (χ1) is 15.0. The summed E-state index contributed by atoms with van der Waals surface area (Å²) in [7, 11) is 3.34. The van der Waals surface area contributed by atoms with Crippen molar-refractivity contribution in [2.75, 3.05) is 27.3 Å². The Kier molecular flexibility index (Phi) is 7.80. The zero-order valence-electron chi connectivity index (χ0n) is 19.4. The lowest BCUT2D eigenvalue weighted by Crippen LogP contribution is -3.13. The van der Waals surface area contributed by atoms with Gasteiger partial charge in [0.2, 0.25) is 0 Å². The first-order valence-electron chi connectivity index (χ1n) is 11.2. The Morgan fingerprint density at radius 1 is 1.13 bits per heavy atom. The molecule has 1 heterocycles. The summed E-state index contributed by atoms with van der Waals surface area (Å²) in [5.41, 5.74) is 5.07. The molecule has 0 aromatic heterocycles. The van der Waals surface area contributed by atoms with Crippen LogP contribution in [0.15, 0.2) is 36.4 Å². The monoisotopic (exact) mass is 426 g/mol. The molecule has 31 heavy (non-hydrogen) atoms. The van der Waals surface area contributed by atoms with E-state index in [1.165, 1.54) is 27.2 Å². The van der Waals surface area contributed by atoms with Gasteiger partial charge < -0.3 is 25.0 Å². The number of urea groups is 1. The van der Waals surface area contributed by atoms with Gasteiger partial charge in [-0.2, -0.15) is 0 Å². The van der Waals surface area contributed by atoms with Crippen LogP contribution in [0.4, 0.5) is 4.79 Å². The standard InChI is InChI=1S/C25H35N3O3/c1-6-21(27-25(29)26-7-2)24-20-15-23(31-5)22(30-4)14-19(20)12-13-28(24)16-18-10-8-17(3)9-11-18/h8-11,14-15,21,24H,6-7,12-13,16H2,1-5H3,(H2,26,27,29)/p+1/t21-,24-/m1/s1. The van der Waals surface area contributed by atoms with Crippen molar-refractivity contribution in [1.29, 1.82) is 0 Å². The lowest BCUT2D eigenvalue weighted by Gasteiger charge is -2.39. The number of ether oxygens (including phenoxy) is 2. The van der Waals surface area contributed by atoms with Crippen LogP contribution in [-0.4, -0.2) is 39.4 Å². The van der Waals surface area contributed by atoms with Gasteiger partial charge in [-0.25, -0.2) is 4.79 Å². The van der Waals surface area contributed by atoms with Crippen LogP contribution < -0.4 is 25.0 Å². The van der Waals surface area contributed by atoms with Crippen LogP contribution in [-0.2, 0) is 13.0 Å². The highest BCUT2D eigenvalue weighted by atomic mass is 16.5. The van der Waals surface area contributed by atoms with E-state index < -0.39 is 0 Å². The van der Waals surface area contributed by atoms with Crippen LogP contribution >= 0.6 is 0 Å². The maximum Gasteiger partial charge on any atom is 0.315 e. The van der Waals surface area contributed by atoms with Gasteiger partial charge in [0.25, 0.3) is 0 Å². The Morgan fingerprint density at radius 3 is 2.42 bits per heavy atom. The number of fused-ring (bicyclic) bond motifs is 1. The van der Waals surface area contributed by atoms with Gasteiger partial charge in [-0.05, 0) is 38.0 Å². The molecule has 0 saturated carbocycles. The highest BCUT2D eigenvalue weighted by Gasteiger charge is 2.38. The van der Waals surface area contributed by atoms with Gasteiger partial charge in [0.1, 0.15) is 12.6 Å². The SMILES string of the molecule is CCNC(=O)N[C@H](CC)[C@H]1c2cc(OC)c(OC)cc2CC[NH+]1Cc1ccc(C)cc1. The molecule has 0 aliphatic carbocycles. The largest absolute Gasteiger partial charge is 0.493 e. The van der Waals surface area contributed by atoms with Crippen LogP contribution in [0.3, 0.4) is 0 Å². The van der Waals surface area contributed by atoms with Crippen molar-refractivity contribution in [3.8, 4) is 11.5 Å². The first-order valence-corrected chi connectivity index (χ1v) is 11.2. The van der Waals surface area contributed by atoms with Crippen molar-refractivity contribution in [3.63, 3.8) is 0 Å². The topological polar surface area (TPSA) is 64.0 Å². The molecule has 0 saturated heterocycles. The van der Waals surface area contributed by atoms with E-state index in [-0.39, 0.29) is 18.1 Å². The summed E-state index contributed by atoms with van der Waals surface area (Å²) in [4.78, 5) is 13.9. The molecule has 0 spiro atoms. The summed E-state index contributed by atoms with van der Waals surface area (Å²) in [5, 5.41) is 6.11. The number of nitrogens with one attached hydrogen (secondary N) is 3. The van der Waals surface area contributed by atoms with Crippen LogP contribution in [0.2, 0.25) is 0 Å². The Hall–Kier alpha value is -2.73. The molecule has 1 aliphatic heterocycles. The minimum atomic E-state index is -0.114. The third kappa shape index (κ3) is 5.31. The average molecular weight is 427 g/mol. The molecule has 3 atom stereocenters. The molecule has 2 aromatic carbocycles. The molecule has 2 aromatic rings. The number of hydrogen-bond acceptors (Lipinski definition) is 3. The Balaban J connectivity index is 2.00. The molecular formula is C25H36N3O3+. The van der Waals surface area contributed by atoms with E-state index >= 15 is 0 Å². The fourth-order valence-electron chi connectivity index (χ4n) is 4.58. The average Bonchev–Trinajstić information content (AvgIpc) is 2.78. The Bertz CT molecular complexity index is 882. The zero-order valence-corrected chi connectivity index (χ0v) is 19.4. The number of aryl methyl sites for hydroxylation is 1. The molecule has 3 N–H and O–H groups in total. The molecule has 1 unspecified atom stereocenters. The van der Waals surface area contributed by atoms with Crippen molar-refractivity contribution in [2.45, 2.75) is 52.2 Å². The quantitative estimate of drug-likeness (QED) is 0.608. The van der Waals surface area contributed by atoms with E-state index in [2.05, 4.69) is 60.9 Å². The minimum absolute atomic E-state index is 0.00384. The van der Waals surface area contributed by atoms with Crippen LogP contribution in [0.5, 0.6) is 11.5 Å². The van der Waals surface area contributed by atoms with Gasteiger partial charge in [0, 0.05) is 24.1 Å². The number of carbonyl (C=O) groups excluding carboxylic acids is 1. The number of benzene rings is 2. The van der Waals surface area contributed by atoms with Gasteiger partial charge in [-0.1, -0.05) is 36.8 Å². The first kappa shape index (κ1) is 22.9. The zero-order chi connectivity index (χ0) is 22.4. The lowest BCUT2D eigenvalue weighted by molar-refractivity contribution is -0.948. The third-order valence-corrected chi connectivity index (χ3v) is 6.18. The summed E-state index contributed by atoms with van der Waals surface area (Å²) < 4.78 is 11.2. The molecule has 3 rings (SSSR count). The third-order valence-electron chi connectivity index (χ3n) is 6.18. The summed E-state index contributed by atoms with van der Waals surface area (Å²) >= 11 is 0. The Labute approximate surface area is 185 Å². The number of hydrogen-bond donors (Lipinski definition) is 3. The normalized spacial score (nSPS) is 18.6. The van der Waals surface area contributed by atoms with E-state index in [0.29, 0.717) is 6.54 Å². The fraction of sp³-hybridized carbons (Fsp3) is 0.480. The number of amides is 2. The van der Waals surface area contributed by atoms with Gasteiger partial charge >= 0.3 is 6.03 Å². The number of quaternary nitrogens is 1. The predicted molar refractivity (Wildman–Crippen MR) is 123 cm³/mol. The highest BCUT2D eigenvalue weighted by molar-refractivity contribution is 5.74. The van der Waals surface area contributed by atoms with Gasteiger partial charge in [-0.3, -0.25) is 0 Å². The second kappa shape index (κ2) is 10.5. The smallest absolute Gasteiger partial charge is 0.315 e. The number of methoxy groups -OCH3 is 2. The van der Waals surface area contributed by atoms with Crippen LogP contribution in [0.1, 0.15) is 48.6 Å². The Morgan fingerprint density at radius 2 is 1.81 bits per heavy atom. The molecule has 0 bridgehead atoms. The molecule has 0 radical (unpaired) electrons. The van der Waals surface area contributed by atoms with Gasteiger partial charge in [0.15, 0.2) is 11.5 Å². The van der Waals surface area contributed by atoms with Gasteiger partial charge in [0.05, 0.1) is 26.8 Å². The minimum Gasteiger partial charge on any atom is -0.493 e. The summed E-state index contributed by atoms with van der Waals surface area (Å²) in [6.45, 7) is 8.69. The number of rotatable bonds is 8. The van der Waals surface area contributed by atoms with E-state index in [4.69, 9.17) is 9.47 Å². The summed E-state index contributed by atoms with van der Waals surface area (Å²) in [6.07, 6.45) is 1.80. The van der Waals surface area contributed by atoms with E-state index in [0.717, 1.165) is 37.4 Å². The molecule has 6 heteroatoms. The predicted octanol–water partition coefficient (Wildman–Crippen LogP) is 2.79. The second-order valence-electron chi connectivity index (χ2n) is 8.22. The maximum atomic E-state index is 12.4. The molecule has 168 valence electrons. The molecule has 6 nitrogen and oxygen atoms in total. The highest BCUT2D eigenvalue weighted by Crippen LogP contribution is 2.35. The van der Waals surface area contributed by atoms with Crippen molar-refractivity contribution >= 4 is 6.03 Å². The van der Waals surface area contributed by atoms with E-state index in [1.807, 2.05) is 6.92 Å². The van der Waals surface area contributed by atoms with Crippen molar-refractivity contribution in [2.24, 2.45) is 0 Å². The fourth-order valence-corrected chi connectivity index (χ4v) is 4.58.